The van der Waals surface area contributed by atoms with E-state index in [1.54, 1.807) is 6.92 Å². The first-order valence-electron chi connectivity index (χ1n) is 12.4. The third-order valence-corrected chi connectivity index (χ3v) is 8.51. The number of amides is 1. The van der Waals surface area contributed by atoms with E-state index in [1.165, 1.54) is 32.1 Å². The Morgan fingerprint density at radius 3 is 2.35 bits per heavy atom. The number of piperazine rings is 1. The summed E-state index contributed by atoms with van der Waals surface area (Å²) in [6.45, 7) is 4.41. The second kappa shape index (κ2) is 10.3. The van der Waals surface area contributed by atoms with Crippen LogP contribution in [0.15, 0.2) is 52.9 Å². The summed E-state index contributed by atoms with van der Waals surface area (Å²) in [7, 11) is 0. The Kier molecular flexibility index (Phi) is 6.95. The predicted molar refractivity (Wildman–Crippen MR) is 139 cm³/mol. The first kappa shape index (κ1) is 23.0. The van der Waals surface area contributed by atoms with E-state index in [-0.39, 0.29) is 11.7 Å². The molecule has 178 valence electrons. The maximum Gasteiger partial charge on any atom is 0.290 e. The highest BCUT2D eigenvalue weighted by Gasteiger charge is 2.28. The molecule has 2 aromatic carbocycles. The van der Waals surface area contributed by atoms with E-state index in [4.69, 9.17) is 4.42 Å². The molecule has 34 heavy (non-hydrogen) atoms. The van der Waals surface area contributed by atoms with Crippen molar-refractivity contribution >= 4 is 40.1 Å². The molecule has 2 heterocycles. The van der Waals surface area contributed by atoms with Crippen molar-refractivity contribution in [2.24, 2.45) is 0 Å². The first-order chi connectivity index (χ1) is 16.6. The van der Waals surface area contributed by atoms with Gasteiger partial charge in [-0.05, 0) is 50.1 Å². The topological polar surface area (TPSA) is 53.8 Å². The van der Waals surface area contributed by atoms with Gasteiger partial charge in [0.2, 0.25) is 0 Å². The molecule has 2 aliphatic rings. The van der Waals surface area contributed by atoms with Crippen LogP contribution in [0.5, 0.6) is 0 Å². The highest BCUT2D eigenvalue weighted by Crippen LogP contribution is 2.35. The minimum Gasteiger partial charge on any atom is -0.451 e. The van der Waals surface area contributed by atoms with Crippen LogP contribution in [0, 0.1) is 0 Å². The molecule has 0 N–H and O–H groups in total. The van der Waals surface area contributed by atoms with Gasteiger partial charge in [-0.15, -0.1) is 0 Å². The second-order valence-corrected chi connectivity index (χ2v) is 10.6. The standard InChI is InChI=1S/C28H32N2O3S/c1-20(31)21-11-13-22(14-12-21)29-15-17-30(18-16-29)28(32)27-25(19-34-23-7-3-2-4-8-23)24-9-5-6-10-26(24)33-27/h5-6,9-14,23H,2-4,7-8,15-19H2,1H3. The van der Waals surface area contributed by atoms with Gasteiger partial charge in [-0.3, -0.25) is 9.59 Å². The van der Waals surface area contributed by atoms with Gasteiger partial charge < -0.3 is 14.2 Å². The first-order valence-corrected chi connectivity index (χ1v) is 13.4. The van der Waals surface area contributed by atoms with E-state index in [1.807, 2.05) is 59.1 Å². The molecular weight excluding hydrogens is 444 g/mol. The van der Waals surface area contributed by atoms with Crippen LogP contribution in [0.4, 0.5) is 5.69 Å². The molecule has 1 aromatic heterocycles. The molecule has 5 rings (SSSR count). The summed E-state index contributed by atoms with van der Waals surface area (Å²) in [6, 6.07) is 15.8. The lowest BCUT2D eigenvalue weighted by Crippen LogP contribution is -2.48. The Labute approximate surface area is 205 Å². The summed E-state index contributed by atoms with van der Waals surface area (Å²) in [6.07, 6.45) is 6.54. The van der Waals surface area contributed by atoms with Crippen LogP contribution in [-0.4, -0.2) is 48.0 Å². The SMILES string of the molecule is CC(=O)c1ccc(N2CCN(C(=O)c3oc4ccccc4c3CSC3CCCCC3)CC2)cc1. The number of fused-ring (bicyclic) bond motifs is 1. The molecule has 1 saturated heterocycles. The molecule has 0 bridgehead atoms. The molecule has 1 aliphatic heterocycles. The number of carbonyl (C=O) groups is 2. The molecule has 0 spiro atoms. The molecule has 1 aliphatic carbocycles. The Morgan fingerprint density at radius 1 is 0.941 bits per heavy atom. The molecule has 0 unspecified atom stereocenters. The number of hydrogen-bond acceptors (Lipinski definition) is 5. The van der Waals surface area contributed by atoms with Crippen LogP contribution in [0.3, 0.4) is 0 Å². The van der Waals surface area contributed by atoms with Crippen LogP contribution in [0.1, 0.15) is 65.5 Å². The summed E-state index contributed by atoms with van der Waals surface area (Å²) >= 11 is 1.99. The molecule has 0 atom stereocenters. The number of para-hydroxylation sites is 1. The number of benzene rings is 2. The summed E-state index contributed by atoms with van der Waals surface area (Å²) in [5.41, 5.74) is 3.67. The van der Waals surface area contributed by atoms with Crippen molar-refractivity contribution in [2.45, 2.75) is 50.0 Å². The zero-order valence-corrected chi connectivity index (χ0v) is 20.6. The Balaban J connectivity index is 1.29. The number of nitrogens with zero attached hydrogens (tertiary/aromatic N) is 2. The highest BCUT2D eigenvalue weighted by atomic mass is 32.2. The second-order valence-electron chi connectivity index (χ2n) is 9.36. The average Bonchev–Trinajstić information content (AvgIpc) is 3.26. The molecule has 1 saturated carbocycles. The summed E-state index contributed by atoms with van der Waals surface area (Å²) in [5.74, 6) is 1.42. The molecule has 2 fully saturated rings. The number of Topliss-reactive ketones (excluding diaryl/α,β-unsaturated/α-hetero) is 1. The number of rotatable bonds is 6. The third-order valence-electron chi connectivity index (χ3n) is 7.11. The van der Waals surface area contributed by atoms with E-state index in [9.17, 15) is 9.59 Å². The lowest BCUT2D eigenvalue weighted by molar-refractivity contribution is 0.0715. The number of anilines is 1. The summed E-state index contributed by atoms with van der Waals surface area (Å²) in [4.78, 5) is 29.3. The fourth-order valence-corrected chi connectivity index (χ4v) is 6.42. The third kappa shape index (κ3) is 4.88. The van der Waals surface area contributed by atoms with Gasteiger partial charge in [0, 0.05) is 59.4 Å². The lowest BCUT2D eigenvalue weighted by Gasteiger charge is -2.36. The number of ketones is 1. The number of carbonyl (C=O) groups excluding carboxylic acids is 2. The maximum atomic E-state index is 13.6. The summed E-state index contributed by atoms with van der Waals surface area (Å²) in [5, 5.41) is 1.75. The van der Waals surface area contributed by atoms with E-state index < -0.39 is 0 Å². The zero-order valence-electron chi connectivity index (χ0n) is 19.8. The van der Waals surface area contributed by atoms with Crippen molar-refractivity contribution in [3.63, 3.8) is 0 Å². The summed E-state index contributed by atoms with van der Waals surface area (Å²) < 4.78 is 6.15. The Bertz CT molecular complexity index is 1160. The van der Waals surface area contributed by atoms with Crippen molar-refractivity contribution in [3.05, 3.63) is 65.4 Å². The minimum absolute atomic E-state index is 0.00187. The van der Waals surface area contributed by atoms with E-state index in [0.717, 1.165) is 46.6 Å². The van der Waals surface area contributed by atoms with Gasteiger partial charge in [0.1, 0.15) is 5.58 Å². The minimum atomic E-state index is 0.00187. The quantitative estimate of drug-likeness (QED) is 0.399. The molecule has 1 amide bonds. The number of furan rings is 1. The molecule has 6 heteroatoms. The van der Waals surface area contributed by atoms with Gasteiger partial charge in [-0.1, -0.05) is 37.5 Å². The normalized spacial score (nSPS) is 17.3. The van der Waals surface area contributed by atoms with Crippen molar-refractivity contribution < 1.29 is 14.0 Å². The molecule has 3 aromatic rings. The van der Waals surface area contributed by atoms with Crippen LogP contribution < -0.4 is 4.90 Å². The maximum absolute atomic E-state index is 13.6. The number of thioether (sulfide) groups is 1. The van der Waals surface area contributed by atoms with Crippen LogP contribution in [0.25, 0.3) is 11.0 Å². The van der Waals surface area contributed by atoms with Crippen LogP contribution >= 0.6 is 11.8 Å². The van der Waals surface area contributed by atoms with Crippen LogP contribution in [-0.2, 0) is 5.75 Å². The number of hydrogen-bond donors (Lipinski definition) is 0. The molecular formula is C28H32N2O3S. The van der Waals surface area contributed by atoms with Gasteiger partial charge in [0.15, 0.2) is 11.5 Å². The monoisotopic (exact) mass is 476 g/mol. The smallest absolute Gasteiger partial charge is 0.290 e. The van der Waals surface area contributed by atoms with E-state index in [2.05, 4.69) is 11.0 Å². The highest BCUT2D eigenvalue weighted by molar-refractivity contribution is 7.99. The molecule has 0 radical (unpaired) electrons. The Hall–Kier alpha value is -2.73. The largest absolute Gasteiger partial charge is 0.451 e. The van der Waals surface area contributed by atoms with Gasteiger partial charge in [0.25, 0.3) is 5.91 Å². The van der Waals surface area contributed by atoms with Gasteiger partial charge in [0.05, 0.1) is 0 Å². The van der Waals surface area contributed by atoms with Gasteiger partial charge in [-0.25, -0.2) is 0 Å². The van der Waals surface area contributed by atoms with E-state index in [0.29, 0.717) is 24.1 Å². The van der Waals surface area contributed by atoms with Crippen molar-refractivity contribution in [1.82, 2.24) is 4.90 Å². The fraction of sp³-hybridized carbons (Fsp3) is 0.429. The van der Waals surface area contributed by atoms with Crippen molar-refractivity contribution in [3.8, 4) is 0 Å². The fourth-order valence-electron chi connectivity index (χ4n) is 5.07. The molecule has 5 nitrogen and oxygen atoms in total. The van der Waals surface area contributed by atoms with Crippen molar-refractivity contribution in [1.29, 1.82) is 0 Å². The lowest BCUT2D eigenvalue weighted by atomic mass is 10.0. The zero-order chi connectivity index (χ0) is 23.5. The van der Waals surface area contributed by atoms with E-state index >= 15 is 0 Å². The van der Waals surface area contributed by atoms with Gasteiger partial charge >= 0.3 is 0 Å². The Morgan fingerprint density at radius 2 is 1.65 bits per heavy atom. The van der Waals surface area contributed by atoms with Crippen LogP contribution in [0.2, 0.25) is 0 Å². The van der Waals surface area contributed by atoms with Gasteiger partial charge in [-0.2, -0.15) is 11.8 Å². The predicted octanol–water partition coefficient (Wildman–Crippen LogP) is 6.16. The van der Waals surface area contributed by atoms with Crippen molar-refractivity contribution in [2.75, 3.05) is 31.1 Å². The average molecular weight is 477 g/mol.